The quantitative estimate of drug-likeness (QED) is 0.664. The summed E-state index contributed by atoms with van der Waals surface area (Å²) in [7, 11) is -2.45. The first-order valence-electron chi connectivity index (χ1n) is 7.12. The van der Waals surface area contributed by atoms with Crippen LogP contribution in [0, 0.1) is 0 Å². The minimum Gasteiger partial charge on any atom is -0.495 e. The average Bonchev–Trinajstić information content (AvgIpc) is 2.52. The van der Waals surface area contributed by atoms with E-state index in [0.717, 1.165) is 0 Å². The van der Waals surface area contributed by atoms with Gasteiger partial charge in [-0.15, -0.1) is 0 Å². The van der Waals surface area contributed by atoms with Gasteiger partial charge in [0.2, 0.25) is 10.0 Å². The summed E-state index contributed by atoms with van der Waals surface area (Å²) in [4.78, 5) is 22.7. The minimum atomic E-state index is -3.80. The summed E-state index contributed by atoms with van der Waals surface area (Å²) < 4.78 is 36.5. The molecule has 23 heavy (non-hydrogen) atoms. The van der Waals surface area contributed by atoms with Gasteiger partial charge in [-0.25, -0.2) is 13.2 Å². The Morgan fingerprint density at radius 3 is 2.26 bits per heavy atom. The number of ether oxygens (including phenoxy) is 2. The van der Waals surface area contributed by atoms with Gasteiger partial charge in [0, 0.05) is 13.1 Å². The number of methoxy groups -OCH3 is 1. The second-order valence-corrected chi connectivity index (χ2v) is 6.64. The lowest BCUT2D eigenvalue weighted by molar-refractivity contribution is -0.120. The molecule has 0 amide bonds. The van der Waals surface area contributed by atoms with Crippen LogP contribution in [0.25, 0.3) is 0 Å². The molecule has 1 aromatic rings. The Morgan fingerprint density at radius 1 is 1.17 bits per heavy atom. The highest BCUT2D eigenvalue weighted by molar-refractivity contribution is 7.89. The summed E-state index contributed by atoms with van der Waals surface area (Å²) in [5.74, 6) is -0.929. The molecule has 1 rings (SSSR count). The van der Waals surface area contributed by atoms with Crippen LogP contribution in [0.1, 0.15) is 31.1 Å². The second-order valence-electron chi connectivity index (χ2n) is 4.73. The molecule has 0 atom stereocenters. The molecule has 0 aliphatic carbocycles. The van der Waals surface area contributed by atoms with E-state index >= 15 is 0 Å². The van der Waals surface area contributed by atoms with Gasteiger partial charge in [0.1, 0.15) is 17.3 Å². The summed E-state index contributed by atoms with van der Waals surface area (Å²) in [5.41, 5.74) is 0.0396. The summed E-state index contributed by atoms with van der Waals surface area (Å²) >= 11 is 0. The predicted octanol–water partition coefficient (Wildman–Crippen LogP) is 1.47. The molecule has 0 heterocycles. The van der Waals surface area contributed by atoms with Crippen molar-refractivity contribution in [1.82, 2.24) is 4.31 Å². The first kappa shape index (κ1) is 19.1. The number of carbonyl (C=O) groups excluding carboxylic acids is 2. The summed E-state index contributed by atoms with van der Waals surface area (Å²) in [6, 6.07) is 3.98. The molecule has 0 bridgehead atoms. The fourth-order valence-corrected chi connectivity index (χ4v) is 3.60. The van der Waals surface area contributed by atoms with Crippen molar-refractivity contribution < 1.29 is 27.5 Å². The highest BCUT2D eigenvalue weighted by atomic mass is 32.2. The summed E-state index contributed by atoms with van der Waals surface area (Å²) in [6.07, 6.45) is 0. The van der Waals surface area contributed by atoms with Gasteiger partial charge in [0.15, 0.2) is 5.78 Å². The SMILES string of the molecule is CCN(CC)S(=O)(=O)c1cc(C(=O)OCC(C)=O)ccc1OC. The van der Waals surface area contributed by atoms with Gasteiger partial charge in [-0.05, 0) is 25.1 Å². The lowest BCUT2D eigenvalue weighted by atomic mass is 10.2. The number of ketones is 1. The number of Topliss-reactive ketones (excluding diaryl/α,β-unsaturated/α-hetero) is 1. The van der Waals surface area contributed by atoms with Gasteiger partial charge in [0.05, 0.1) is 12.7 Å². The Hall–Kier alpha value is -1.93. The van der Waals surface area contributed by atoms with Gasteiger partial charge in [-0.2, -0.15) is 4.31 Å². The van der Waals surface area contributed by atoms with Gasteiger partial charge in [-0.1, -0.05) is 13.8 Å². The first-order valence-corrected chi connectivity index (χ1v) is 8.56. The minimum absolute atomic E-state index is 0.0396. The molecule has 0 spiro atoms. The number of nitrogens with zero attached hydrogens (tertiary/aromatic N) is 1. The maximum Gasteiger partial charge on any atom is 0.338 e. The number of esters is 1. The molecule has 0 fully saturated rings. The molecule has 0 radical (unpaired) electrons. The van der Waals surface area contributed by atoms with Crippen LogP contribution in [0.2, 0.25) is 0 Å². The Morgan fingerprint density at radius 2 is 1.78 bits per heavy atom. The van der Waals surface area contributed by atoms with Gasteiger partial charge >= 0.3 is 5.97 Å². The number of sulfonamides is 1. The molecule has 0 aliphatic rings. The number of rotatable bonds is 8. The highest BCUT2D eigenvalue weighted by Crippen LogP contribution is 2.28. The van der Waals surface area contributed by atoms with E-state index in [4.69, 9.17) is 9.47 Å². The Labute approximate surface area is 136 Å². The molecule has 0 N–H and O–H groups in total. The number of hydrogen-bond acceptors (Lipinski definition) is 6. The third-order valence-corrected chi connectivity index (χ3v) is 5.20. The van der Waals surface area contributed by atoms with Crippen molar-refractivity contribution in [3.63, 3.8) is 0 Å². The summed E-state index contributed by atoms with van der Waals surface area (Å²) in [6.45, 7) is 4.96. The smallest absolute Gasteiger partial charge is 0.338 e. The normalized spacial score (nSPS) is 11.3. The van der Waals surface area contributed by atoms with Gasteiger partial charge < -0.3 is 9.47 Å². The average molecular weight is 343 g/mol. The van der Waals surface area contributed by atoms with Gasteiger partial charge in [0.25, 0.3) is 0 Å². The largest absolute Gasteiger partial charge is 0.495 e. The van der Waals surface area contributed by atoms with Crippen LogP contribution in [0.3, 0.4) is 0 Å². The maximum absolute atomic E-state index is 12.7. The van der Waals surface area contributed by atoms with E-state index in [9.17, 15) is 18.0 Å². The van der Waals surface area contributed by atoms with E-state index in [-0.39, 0.29) is 28.6 Å². The maximum atomic E-state index is 12.7. The number of carbonyl (C=O) groups is 2. The van der Waals surface area contributed by atoms with Crippen molar-refractivity contribution in [3.05, 3.63) is 23.8 Å². The van der Waals surface area contributed by atoms with Crippen LogP contribution >= 0.6 is 0 Å². The summed E-state index contributed by atoms with van der Waals surface area (Å²) in [5, 5.41) is 0. The third-order valence-electron chi connectivity index (χ3n) is 3.13. The predicted molar refractivity (Wildman–Crippen MR) is 84.1 cm³/mol. The molecule has 1 aromatic carbocycles. The molecule has 7 nitrogen and oxygen atoms in total. The zero-order chi connectivity index (χ0) is 17.6. The Balaban J connectivity index is 3.28. The lowest BCUT2D eigenvalue weighted by Gasteiger charge is -2.20. The molecular formula is C15H21NO6S. The Bertz CT molecular complexity index is 679. The molecule has 0 unspecified atom stereocenters. The van der Waals surface area contributed by atoms with Crippen molar-refractivity contribution in [3.8, 4) is 5.75 Å². The Kier molecular flexibility index (Phi) is 6.71. The van der Waals surface area contributed by atoms with Crippen molar-refractivity contribution in [2.45, 2.75) is 25.7 Å². The van der Waals surface area contributed by atoms with Crippen LogP contribution in [0.4, 0.5) is 0 Å². The molecule has 0 saturated heterocycles. The van der Waals surface area contributed by atoms with E-state index in [0.29, 0.717) is 13.1 Å². The lowest BCUT2D eigenvalue weighted by Crippen LogP contribution is -2.31. The molecular weight excluding hydrogens is 322 g/mol. The van der Waals surface area contributed by atoms with Gasteiger partial charge in [-0.3, -0.25) is 4.79 Å². The molecule has 0 aromatic heterocycles. The van der Waals surface area contributed by atoms with Crippen molar-refractivity contribution >= 4 is 21.8 Å². The van der Waals surface area contributed by atoms with Crippen LogP contribution in [0.15, 0.2) is 23.1 Å². The van der Waals surface area contributed by atoms with E-state index in [2.05, 4.69) is 0 Å². The zero-order valence-corrected chi connectivity index (χ0v) is 14.5. The highest BCUT2D eigenvalue weighted by Gasteiger charge is 2.27. The number of hydrogen-bond donors (Lipinski definition) is 0. The molecule has 0 saturated carbocycles. The molecule has 0 aliphatic heterocycles. The molecule has 128 valence electrons. The van der Waals surface area contributed by atoms with Crippen molar-refractivity contribution in [2.75, 3.05) is 26.8 Å². The van der Waals surface area contributed by atoms with Crippen molar-refractivity contribution in [1.29, 1.82) is 0 Å². The van der Waals surface area contributed by atoms with Crippen LogP contribution in [-0.2, 0) is 19.6 Å². The van der Waals surface area contributed by atoms with E-state index in [1.54, 1.807) is 13.8 Å². The standard InChI is InChI=1S/C15H21NO6S/c1-5-16(6-2)23(19,20)14-9-12(7-8-13(14)21-4)15(18)22-10-11(3)17/h7-9H,5-6,10H2,1-4H3. The van der Waals surface area contributed by atoms with E-state index in [1.165, 1.54) is 36.5 Å². The first-order chi connectivity index (χ1) is 10.8. The second kappa shape index (κ2) is 8.07. The topological polar surface area (TPSA) is 90.0 Å². The van der Waals surface area contributed by atoms with Crippen molar-refractivity contribution in [2.24, 2.45) is 0 Å². The van der Waals surface area contributed by atoms with Crippen LogP contribution in [-0.4, -0.2) is 51.3 Å². The fourth-order valence-electron chi connectivity index (χ4n) is 1.96. The third kappa shape index (κ3) is 4.52. The van der Waals surface area contributed by atoms with Crippen LogP contribution in [0.5, 0.6) is 5.75 Å². The van der Waals surface area contributed by atoms with E-state index in [1.807, 2.05) is 0 Å². The van der Waals surface area contributed by atoms with E-state index < -0.39 is 16.0 Å². The monoisotopic (exact) mass is 343 g/mol. The molecule has 8 heteroatoms. The van der Waals surface area contributed by atoms with Crippen LogP contribution < -0.4 is 4.74 Å². The zero-order valence-electron chi connectivity index (χ0n) is 13.7. The number of benzene rings is 1. The fraction of sp³-hybridized carbons (Fsp3) is 0.467.